The van der Waals surface area contributed by atoms with Gasteiger partial charge in [0.15, 0.2) is 5.82 Å². The molecule has 2 aromatic heterocycles. The Morgan fingerprint density at radius 1 is 1.31 bits per heavy atom. The molecule has 2 aliphatic heterocycles. The third-order valence-electron chi connectivity index (χ3n) is 5.16. The van der Waals surface area contributed by atoms with Crippen molar-refractivity contribution >= 4 is 5.71 Å². The maximum atomic E-state index is 14.0. The van der Waals surface area contributed by atoms with E-state index >= 15 is 0 Å². The summed E-state index contributed by atoms with van der Waals surface area (Å²) >= 11 is 0. The molecule has 0 saturated carbocycles. The molecule has 0 radical (unpaired) electrons. The first-order valence-corrected chi connectivity index (χ1v) is 9.10. The predicted molar refractivity (Wildman–Crippen MR) is 96.9 cm³/mol. The number of hydrogen-bond donors (Lipinski definition) is 1. The second-order valence-corrected chi connectivity index (χ2v) is 6.98. The number of aromatic amines is 1. The molecule has 0 fully saturated rings. The highest BCUT2D eigenvalue weighted by Crippen LogP contribution is 2.20. The lowest BCUT2D eigenvalue weighted by atomic mass is 10.0. The van der Waals surface area contributed by atoms with Crippen LogP contribution in [0.5, 0.6) is 0 Å². The number of aryl methyl sites for hydroxylation is 1. The van der Waals surface area contributed by atoms with Gasteiger partial charge in [-0.3, -0.25) is 14.7 Å². The minimum atomic E-state index is -0.437. The van der Waals surface area contributed by atoms with Crippen LogP contribution in [0, 0.1) is 12.9 Å². The molecule has 136 valence electrons. The fourth-order valence-electron chi connectivity index (χ4n) is 3.61. The van der Waals surface area contributed by atoms with Crippen molar-refractivity contribution in [3.05, 3.63) is 56.8 Å². The Kier molecular flexibility index (Phi) is 4.63. The number of aromatic nitrogens is 3. The average Bonchev–Trinajstić information content (AvgIpc) is 2.66. The molecule has 0 amide bonds. The summed E-state index contributed by atoms with van der Waals surface area (Å²) < 4.78 is 14.0. The van der Waals surface area contributed by atoms with Crippen LogP contribution in [0.25, 0.3) is 0 Å². The van der Waals surface area contributed by atoms with Gasteiger partial charge in [-0.05, 0) is 37.8 Å². The van der Waals surface area contributed by atoms with Gasteiger partial charge in [0.25, 0.3) is 5.56 Å². The first-order valence-electron chi connectivity index (χ1n) is 9.10. The number of fused-ring (bicyclic) bond motifs is 1. The maximum Gasteiger partial charge on any atom is 0.255 e. The molecule has 0 aliphatic carbocycles. The Bertz CT molecular complexity index is 900. The summed E-state index contributed by atoms with van der Waals surface area (Å²) in [5.41, 5.74) is 3.79. The molecule has 0 atom stereocenters. The summed E-state index contributed by atoms with van der Waals surface area (Å²) in [4.78, 5) is 30.5. The summed E-state index contributed by atoms with van der Waals surface area (Å²) in [5.74, 6) is 0.185. The van der Waals surface area contributed by atoms with Gasteiger partial charge in [0, 0.05) is 44.4 Å². The standard InChI is InChI=1S/C19H22FN5O/c1-12-5-8-22-17(20)13(12)10-25-9-6-15-14(11-25)19(26)24-18(23-15)16-4-2-3-7-21-16/h5,8H,2-4,6-7,9-11H2,1H3,(H,23,24,26). The van der Waals surface area contributed by atoms with E-state index in [9.17, 15) is 9.18 Å². The van der Waals surface area contributed by atoms with Gasteiger partial charge in [-0.25, -0.2) is 9.97 Å². The van der Waals surface area contributed by atoms with E-state index in [4.69, 9.17) is 0 Å². The number of H-pyrrole nitrogens is 1. The largest absolute Gasteiger partial charge is 0.305 e. The molecular formula is C19H22FN5O. The van der Waals surface area contributed by atoms with E-state index in [1.165, 1.54) is 6.20 Å². The number of rotatable bonds is 3. The van der Waals surface area contributed by atoms with E-state index in [0.717, 1.165) is 49.3 Å². The Hall–Kier alpha value is -2.41. The molecule has 0 spiro atoms. The average molecular weight is 355 g/mol. The minimum Gasteiger partial charge on any atom is -0.305 e. The fourth-order valence-corrected chi connectivity index (χ4v) is 3.61. The Labute approximate surface area is 151 Å². The third-order valence-corrected chi connectivity index (χ3v) is 5.16. The number of nitrogens with zero attached hydrogens (tertiary/aromatic N) is 4. The molecule has 1 N–H and O–H groups in total. The van der Waals surface area contributed by atoms with Crippen molar-refractivity contribution in [1.29, 1.82) is 0 Å². The lowest BCUT2D eigenvalue weighted by Crippen LogP contribution is -2.36. The summed E-state index contributed by atoms with van der Waals surface area (Å²) in [7, 11) is 0. The van der Waals surface area contributed by atoms with Crippen LogP contribution in [-0.2, 0) is 19.5 Å². The van der Waals surface area contributed by atoms with Gasteiger partial charge in [0.05, 0.1) is 17.0 Å². The molecule has 0 aromatic carbocycles. The highest BCUT2D eigenvalue weighted by atomic mass is 19.1. The monoisotopic (exact) mass is 355 g/mol. The summed E-state index contributed by atoms with van der Waals surface area (Å²) in [6.07, 6.45) is 5.21. The van der Waals surface area contributed by atoms with Gasteiger partial charge >= 0.3 is 0 Å². The molecule has 7 heteroatoms. The van der Waals surface area contributed by atoms with E-state index in [2.05, 4.69) is 24.8 Å². The van der Waals surface area contributed by atoms with Crippen LogP contribution in [-0.4, -0.2) is 38.7 Å². The normalized spacial score (nSPS) is 17.7. The van der Waals surface area contributed by atoms with Gasteiger partial charge in [0.1, 0.15) is 0 Å². The van der Waals surface area contributed by atoms with E-state index in [-0.39, 0.29) is 5.56 Å². The fraction of sp³-hybridized carbons (Fsp3) is 0.474. The second kappa shape index (κ2) is 7.07. The summed E-state index contributed by atoms with van der Waals surface area (Å²) in [6.45, 7) is 4.34. The van der Waals surface area contributed by atoms with Crippen LogP contribution in [0.4, 0.5) is 4.39 Å². The van der Waals surface area contributed by atoms with Crippen molar-refractivity contribution in [1.82, 2.24) is 19.9 Å². The van der Waals surface area contributed by atoms with Gasteiger partial charge in [-0.1, -0.05) is 0 Å². The van der Waals surface area contributed by atoms with Gasteiger partial charge in [0.2, 0.25) is 5.95 Å². The van der Waals surface area contributed by atoms with E-state index in [1.54, 1.807) is 0 Å². The van der Waals surface area contributed by atoms with Crippen LogP contribution >= 0.6 is 0 Å². The number of pyridine rings is 1. The van der Waals surface area contributed by atoms with Crippen molar-refractivity contribution in [2.45, 2.75) is 45.7 Å². The second-order valence-electron chi connectivity index (χ2n) is 6.98. The number of hydrogen-bond acceptors (Lipinski definition) is 5. The quantitative estimate of drug-likeness (QED) is 0.856. The minimum absolute atomic E-state index is 0.105. The van der Waals surface area contributed by atoms with Crippen LogP contribution in [0.2, 0.25) is 0 Å². The highest BCUT2D eigenvalue weighted by Gasteiger charge is 2.24. The van der Waals surface area contributed by atoms with Crippen molar-refractivity contribution < 1.29 is 4.39 Å². The zero-order chi connectivity index (χ0) is 18.1. The smallest absolute Gasteiger partial charge is 0.255 e. The van der Waals surface area contributed by atoms with E-state index < -0.39 is 5.95 Å². The topological polar surface area (TPSA) is 74.2 Å². The van der Waals surface area contributed by atoms with Crippen LogP contribution in [0.1, 0.15) is 47.5 Å². The molecule has 6 nitrogen and oxygen atoms in total. The van der Waals surface area contributed by atoms with E-state index in [1.807, 2.05) is 13.0 Å². The Morgan fingerprint density at radius 2 is 2.19 bits per heavy atom. The summed E-state index contributed by atoms with van der Waals surface area (Å²) in [5, 5.41) is 0. The number of nitrogens with one attached hydrogen (secondary N) is 1. The van der Waals surface area contributed by atoms with Gasteiger partial charge in [-0.15, -0.1) is 0 Å². The molecule has 26 heavy (non-hydrogen) atoms. The zero-order valence-corrected chi connectivity index (χ0v) is 14.9. The van der Waals surface area contributed by atoms with Crippen molar-refractivity contribution in [3.8, 4) is 0 Å². The van der Waals surface area contributed by atoms with Crippen molar-refractivity contribution in [3.63, 3.8) is 0 Å². The SMILES string of the molecule is Cc1ccnc(F)c1CN1CCc2nc(C3=NCCCC3)[nH]c(=O)c2C1. The Balaban J connectivity index is 1.58. The van der Waals surface area contributed by atoms with Crippen molar-refractivity contribution in [2.75, 3.05) is 13.1 Å². The molecular weight excluding hydrogens is 333 g/mol. The zero-order valence-electron chi connectivity index (χ0n) is 14.9. The Morgan fingerprint density at radius 3 is 2.96 bits per heavy atom. The lowest BCUT2D eigenvalue weighted by Gasteiger charge is -2.28. The molecule has 0 unspecified atom stereocenters. The first kappa shape index (κ1) is 17.0. The van der Waals surface area contributed by atoms with E-state index in [0.29, 0.717) is 36.5 Å². The maximum absolute atomic E-state index is 14.0. The summed E-state index contributed by atoms with van der Waals surface area (Å²) in [6, 6.07) is 1.81. The lowest BCUT2D eigenvalue weighted by molar-refractivity contribution is 0.237. The van der Waals surface area contributed by atoms with Crippen LogP contribution in [0.15, 0.2) is 22.1 Å². The first-order chi connectivity index (χ1) is 12.6. The predicted octanol–water partition coefficient (Wildman–Crippen LogP) is 2.14. The third kappa shape index (κ3) is 3.31. The molecule has 0 saturated heterocycles. The molecule has 2 aromatic rings. The highest BCUT2D eigenvalue weighted by molar-refractivity contribution is 5.97. The molecule has 2 aliphatic rings. The van der Waals surface area contributed by atoms with Gasteiger partial charge < -0.3 is 4.98 Å². The molecule has 4 rings (SSSR count). The molecule has 4 heterocycles. The number of aliphatic imine (C=N–C) groups is 1. The van der Waals surface area contributed by atoms with Crippen LogP contribution < -0.4 is 5.56 Å². The van der Waals surface area contributed by atoms with Gasteiger partial charge in [-0.2, -0.15) is 4.39 Å². The number of halogens is 1. The molecule has 0 bridgehead atoms. The van der Waals surface area contributed by atoms with Crippen LogP contribution in [0.3, 0.4) is 0 Å². The van der Waals surface area contributed by atoms with Crippen molar-refractivity contribution in [2.24, 2.45) is 4.99 Å².